The van der Waals surface area contributed by atoms with E-state index in [1.165, 1.54) is 0 Å². The second kappa shape index (κ2) is 2.34. The summed E-state index contributed by atoms with van der Waals surface area (Å²) in [5, 5.41) is 15.6. The summed E-state index contributed by atoms with van der Waals surface area (Å²) in [5.74, 6) is -0.898. The quantitative estimate of drug-likeness (QED) is 0.719. The Morgan fingerprint density at radius 2 is 2.38 bits per heavy atom. The van der Waals surface area contributed by atoms with E-state index in [2.05, 4.69) is 10.2 Å². The van der Waals surface area contributed by atoms with E-state index < -0.39 is 5.97 Å². The minimum atomic E-state index is -0.718. The summed E-state index contributed by atoms with van der Waals surface area (Å²) in [6, 6.07) is 1.84. The normalized spacial score (nSPS) is 30.0. The first-order valence-electron chi connectivity index (χ1n) is 4.27. The third kappa shape index (κ3) is 1.05. The van der Waals surface area contributed by atoms with Crippen LogP contribution < -0.4 is 0 Å². The van der Waals surface area contributed by atoms with Crippen molar-refractivity contribution in [2.75, 3.05) is 0 Å². The number of nitrogens with zero attached hydrogens (tertiary/aromatic N) is 1. The number of aromatic amines is 1. The van der Waals surface area contributed by atoms with Crippen LogP contribution in [0, 0.1) is 11.3 Å². The molecular formula is C9H12N2O2. The molecule has 0 bridgehead atoms. The van der Waals surface area contributed by atoms with Gasteiger partial charge in [0.1, 0.15) is 0 Å². The fourth-order valence-electron chi connectivity index (χ4n) is 2.12. The molecule has 1 aliphatic rings. The predicted octanol–water partition coefficient (Wildman–Crippen LogP) is 1.23. The van der Waals surface area contributed by atoms with Crippen LogP contribution in [0.3, 0.4) is 0 Å². The van der Waals surface area contributed by atoms with E-state index in [9.17, 15) is 4.79 Å². The zero-order chi connectivity index (χ0) is 9.64. The van der Waals surface area contributed by atoms with E-state index in [1.807, 2.05) is 19.9 Å². The van der Waals surface area contributed by atoms with Gasteiger partial charge in [0.05, 0.1) is 5.92 Å². The molecule has 0 aliphatic heterocycles. The van der Waals surface area contributed by atoms with E-state index in [0.717, 1.165) is 5.69 Å². The molecule has 1 aromatic heterocycles. The lowest BCUT2D eigenvalue weighted by atomic mass is 10.1. The smallest absolute Gasteiger partial charge is 0.307 e. The van der Waals surface area contributed by atoms with Crippen molar-refractivity contribution in [1.82, 2.24) is 10.2 Å². The summed E-state index contributed by atoms with van der Waals surface area (Å²) in [6.07, 6.45) is 1.66. The SMILES string of the molecule is CC1(C)[C@H](C(=O)O)[C@H]1c1ccn[nH]1. The average Bonchev–Trinajstić information content (AvgIpc) is 2.50. The Bertz CT molecular complexity index is 329. The van der Waals surface area contributed by atoms with E-state index in [4.69, 9.17) is 5.11 Å². The van der Waals surface area contributed by atoms with Crippen molar-refractivity contribution in [3.05, 3.63) is 18.0 Å². The summed E-state index contributed by atoms with van der Waals surface area (Å²) in [7, 11) is 0. The molecule has 4 heteroatoms. The van der Waals surface area contributed by atoms with Crippen molar-refractivity contribution in [2.24, 2.45) is 11.3 Å². The molecule has 4 nitrogen and oxygen atoms in total. The van der Waals surface area contributed by atoms with Crippen LogP contribution in [0.5, 0.6) is 0 Å². The topological polar surface area (TPSA) is 66.0 Å². The molecule has 1 fully saturated rings. The van der Waals surface area contributed by atoms with Crippen LogP contribution in [0.25, 0.3) is 0 Å². The van der Waals surface area contributed by atoms with Crippen LogP contribution in [-0.4, -0.2) is 21.3 Å². The van der Waals surface area contributed by atoms with Gasteiger partial charge in [-0.1, -0.05) is 13.8 Å². The number of H-pyrrole nitrogens is 1. The average molecular weight is 180 g/mol. The van der Waals surface area contributed by atoms with Crippen LogP contribution in [0.4, 0.5) is 0 Å². The highest BCUT2D eigenvalue weighted by Gasteiger charge is 2.63. The van der Waals surface area contributed by atoms with Crippen molar-refractivity contribution in [3.8, 4) is 0 Å². The van der Waals surface area contributed by atoms with E-state index in [0.29, 0.717) is 0 Å². The van der Waals surface area contributed by atoms with Gasteiger partial charge in [0.15, 0.2) is 0 Å². The molecule has 1 aromatic rings. The van der Waals surface area contributed by atoms with Gasteiger partial charge >= 0.3 is 5.97 Å². The molecule has 0 aromatic carbocycles. The Balaban J connectivity index is 2.25. The summed E-state index contributed by atoms with van der Waals surface area (Å²) in [6.45, 7) is 3.94. The number of hydrogen-bond acceptors (Lipinski definition) is 2. The van der Waals surface area contributed by atoms with E-state index in [-0.39, 0.29) is 17.3 Å². The monoisotopic (exact) mass is 180 g/mol. The lowest BCUT2D eigenvalue weighted by Gasteiger charge is -1.97. The maximum Gasteiger partial charge on any atom is 0.307 e. The standard InChI is InChI=1S/C9H12N2O2/c1-9(2)6(7(9)8(12)13)5-3-4-10-11-5/h3-4,6-7H,1-2H3,(H,10,11)(H,12,13)/t6-,7+/m1/s1. The number of carboxylic acids is 1. The highest BCUT2D eigenvalue weighted by Crippen LogP contribution is 2.63. The number of hydrogen-bond donors (Lipinski definition) is 2. The van der Waals surface area contributed by atoms with Crippen molar-refractivity contribution in [3.63, 3.8) is 0 Å². The molecule has 1 heterocycles. The van der Waals surface area contributed by atoms with Crippen LogP contribution in [0.1, 0.15) is 25.5 Å². The molecule has 0 radical (unpaired) electrons. The summed E-state index contributed by atoms with van der Waals surface area (Å²) < 4.78 is 0. The minimum absolute atomic E-state index is 0.0903. The van der Waals surface area contributed by atoms with Gasteiger partial charge < -0.3 is 5.11 Å². The molecule has 0 amide bonds. The number of aromatic nitrogens is 2. The number of aliphatic carboxylic acids is 1. The fourth-order valence-corrected chi connectivity index (χ4v) is 2.12. The summed E-state index contributed by atoms with van der Waals surface area (Å²) >= 11 is 0. The third-order valence-corrected chi connectivity index (χ3v) is 2.95. The molecule has 70 valence electrons. The van der Waals surface area contributed by atoms with Gasteiger partial charge in [-0.05, 0) is 11.5 Å². The highest BCUT2D eigenvalue weighted by atomic mass is 16.4. The van der Waals surface area contributed by atoms with Crippen LogP contribution >= 0.6 is 0 Å². The summed E-state index contributed by atoms with van der Waals surface area (Å²) in [4.78, 5) is 10.8. The molecule has 0 unspecified atom stereocenters. The van der Waals surface area contributed by atoms with Crippen LogP contribution in [0.15, 0.2) is 12.3 Å². The first-order valence-corrected chi connectivity index (χ1v) is 4.27. The molecule has 13 heavy (non-hydrogen) atoms. The molecule has 2 N–H and O–H groups in total. The van der Waals surface area contributed by atoms with Gasteiger partial charge in [-0.3, -0.25) is 9.89 Å². The Morgan fingerprint density at radius 1 is 1.69 bits per heavy atom. The summed E-state index contributed by atoms with van der Waals surface area (Å²) in [5.41, 5.74) is 0.788. The third-order valence-electron chi connectivity index (χ3n) is 2.95. The van der Waals surface area contributed by atoms with Gasteiger partial charge in [0, 0.05) is 17.8 Å². The largest absolute Gasteiger partial charge is 0.481 e. The number of carboxylic acid groups (broad SMARTS) is 1. The second-order valence-corrected chi connectivity index (χ2v) is 4.13. The molecule has 0 spiro atoms. The van der Waals surface area contributed by atoms with Crippen molar-refractivity contribution in [2.45, 2.75) is 19.8 Å². The number of carbonyl (C=O) groups is 1. The van der Waals surface area contributed by atoms with Gasteiger partial charge in [-0.15, -0.1) is 0 Å². The van der Waals surface area contributed by atoms with Gasteiger partial charge in [0.2, 0.25) is 0 Å². The fraction of sp³-hybridized carbons (Fsp3) is 0.556. The van der Waals surface area contributed by atoms with Crippen molar-refractivity contribution in [1.29, 1.82) is 0 Å². The Morgan fingerprint density at radius 3 is 2.77 bits per heavy atom. The Labute approximate surface area is 76.0 Å². The van der Waals surface area contributed by atoms with E-state index in [1.54, 1.807) is 6.20 Å². The first-order chi connectivity index (χ1) is 6.05. The zero-order valence-corrected chi connectivity index (χ0v) is 7.61. The maximum absolute atomic E-state index is 10.8. The maximum atomic E-state index is 10.8. The second-order valence-electron chi connectivity index (χ2n) is 4.13. The highest BCUT2D eigenvalue weighted by molar-refractivity contribution is 5.77. The van der Waals surface area contributed by atoms with Crippen LogP contribution in [-0.2, 0) is 4.79 Å². The van der Waals surface area contributed by atoms with Gasteiger partial charge in [-0.25, -0.2) is 0 Å². The minimum Gasteiger partial charge on any atom is -0.481 e. The van der Waals surface area contributed by atoms with Gasteiger partial charge in [-0.2, -0.15) is 5.10 Å². The van der Waals surface area contributed by atoms with Crippen molar-refractivity contribution < 1.29 is 9.90 Å². The Kier molecular flexibility index (Phi) is 1.49. The molecule has 1 aliphatic carbocycles. The first kappa shape index (κ1) is 8.29. The Hall–Kier alpha value is -1.32. The van der Waals surface area contributed by atoms with Crippen molar-refractivity contribution >= 4 is 5.97 Å². The molecule has 2 atom stereocenters. The lowest BCUT2D eigenvalue weighted by Crippen LogP contribution is -2.03. The van der Waals surface area contributed by atoms with Gasteiger partial charge in [0.25, 0.3) is 0 Å². The molecular weight excluding hydrogens is 168 g/mol. The predicted molar refractivity (Wildman–Crippen MR) is 46.2 cm³/mol. The van der Waals surface area contributed by atoms with Crippen LogP contribution in [0.2, 0.25) is 0 Å². The lowest BCUT2D eigenvalue weighted by molar-refractivity contribution is -0.139. The molecule has 2 rings (SSSR count). The number of rotatable bonds is 2. The zero-order valence-electron chi connectivity index (χ0n) is 7.61. The van der Waals surface area contributed by atoms with E-state index >= 15 is 0 Å². The molecule has 0 saturated heterocycles. The molecule has 1 saturated carbocycles. The number of nitrogens with one attached hydrogen (secondary N) is 1.